The van der Waals surface area contributed by atoms with Gasteiger partial charge < -0.3 is 9.47 Å². The summed E-state index contributed by atoms with van der Waals surface area (Å²) in [6, 6.07) is 12.9. The van der Waals surface area contributed by atoms with Crippen LogP contribution >= 0.6 is 0 Å². The van der Waals surface area contributed by atoms with Crippen molar-refractivity contribution in [3.8, 4) is 5.75 Å². The van der Waals surface area contributed by atoms with Gasteiger partial charge in [0.2, 0.25) is 0 Å². The van der Waals surface area contributed by atoms with E-state index < -0.39 is 0 Å². The van der Waals surface area contributed by atoms with E-state index in [1.807, 2.05) is 6.92 Å². The fourth-order valence-corrected chi connectivity index (χ4v) is 2.59. The highest BCUT2D eigenvalue weighted by atomic mass is 16.5. The average molecular weight is 284 g/mol. The van der Waals surface area contributed by atoms with Crippen molar-refractivity contribution in [1.29, 1.82) is 0 Å². The molecular formula is C19H24O2. The third kappa shape index (κ3) is 4.08. The summed E-state index contributed by atoms with van der Waals surface area (Å²) in [5, 5.41) is 0. The molecule has 2 nitrogen and oxygen atoms in total. The molecule has 0 saturated carbocycles. The van der Waals surface area contributed by atoms with E-state index in [0.29, 0.717) is 6.61 Å². The smallest absolute Gasteiger partial charge is 0.123 e. The van der Waals surface area contributed by atoms with Crippen LogP contribution in [-0.4, -0.2) is 13.7 Å². The van der Waals surface area contributed by atoms with E-state index in [9.17, 15) is 0 Å². The largest absolute Gasteiger partial charge is 0.496 e. The van der Waals surface area contributed by atoms with Gasteiger partial charge in [-0.25, -0.2) is 0 Å². The van der Waals surface area contributed by atoms with Gasteiger partial charge in [0.1, 0.15) is 5.75 Å². The maximum absolute atomic E-state index is 5.59. The van der Waals surface area contributed by atoms with Gasteiger partial charge in [0.05, 0.1) is 13.7 Å². The molecule has 0 unspecified atom stereocenters. The first-order chi connectivity index (χ1) is 10.1. The first kappa shape index (κ1) is 15.6. The molecule has 0 saturated heterocycles. The summed E-state index contributed by atoms with van der Waals surface area (Å²) in [4.78, 5) is 0. The lowest BCUT2D eigenvalue weighted by Crippen LogP contribution is -2.01. The minimum atomic E-state index is 0.637. The number of ether oxygens (including phenoxy) is 2. The molecule has 112 valence electrons. The van der Waals surface area contributed by atoms with E-state index in [1.165, 1.54) is 27.8 Å². The summed E-state index contributed by atoms with van der Waals surface area (Å²) in [6.07, 6.45) is 0.894. The Morgan fingerprint density at radius 3 is 2.48 bits per heavy atom. The zero-order chi connectivity index (χ0) is 15.2. The van der Waals surface area contributed by atoms with Crippen molar-refractivity contribution in [2.24, 2.45) is 0 Å². The van der Waals surface area contributed by atoms with Crippen molar-refractivity contribution in [3.63, 3.8) is 0 Å². The van der Waals surface area contributed by atoms with Crippen molar-refractivity contribution in [3.05, 3.63) is 64.2 Å². The number of rotatable bonds is 6. The monoisotopic (exact) mass is 284 g/mol. The molecule has 2 heteroatoms. The Morgan fingerprint density at radius 1 is 1.00 bits per heavy atom. The second-order valence-corrected chi connectivity index (χ2v) is 5.40. The minimum absolute atomic E-state index is 0.637. The molecule has 0 heterocycles. The van der Waals surface area contributed by atoms with Crippen molar-refractivity contribution >= 4 is 0 Å². The molecule has 0 radical (unpaired) electrons. The molecule has 0 spiro atoms. The van der Waals surface area contributed by atoms with Gasteiger partial charge in [0, 0.05) is 18.6 Å². The van der Waals surface area contributed by atoms with Crippen molar-refractivity contribution < 1.29 is 9.47 Å². The lowest BCUT2D eigenvalue weighted by molar-refractivity contribution is 0.134. The van der Waals surface area contributed by atoms with Gasteiger partial charge >= 0.3 is 0 Å². The molecule has 2 rings (SSSR count). The first-order valence-corrected chi connectivity index (χ1v) is 7.43. The fourth-order valence-electron chi connectivity index (χ4n) is 2.59. The summed E-state index contributed by atoms with van der Waals surface area (Å²) < 4.78 is 11.1. The first-order valence-electron chi connectivity index (χ1n) is 7.43. The second-order valence-electron chi connectivity index (χ2n) is 5.40. The molecule has 2 aromatic carbocycles. The van der Waals surface area contributed by atoms with Gasteiger partial charge in [0.25, 0.3) is 0 Å². The number of methoxy groups -OCH3 is 1. The van der Waals surface area contributed by atoms with Gasteiger partial charge in [0.15, 0.2) is 0 Å². The molecule has 21 heavy (non-hydrogen) atoms. The zero-order valence-electron chi connectivity index (χ0n) is 13.4. The predicted molar refractivity (Wildman–Crippen MR) is 87.0 cm³/mol. The Kier molecular flexibility index (Phi) is 5.40. The summed E-state index contributed by atoms with van der Waals surface area (Å²) in [7, 11) is 1.74. The molecule has 0 amide bonds. The van der Waals surface area contributed by atoms with Gasteiger partial charge in [-0.1, -0.05) is 35.9 Å². The maximum Gasteiger partial charge on any atom is 0.123 e. The zero-order valence-corrected chi connectivity index (χ0v) is 13.4. The van der Waals surface area contributed by atoms with Crippen LogP contribution in [-0.2, 0) is 17.8 Å². The van der Waals surface area contributed by atoms with Crippen LogP contribution in [0, 0.1) is 13.8 Å². The van der Waals surface area contributed by atoms with Crippen LogP contribution in [0.5, 0.6) is 5.75 Å². The number of benzene rings is 2. The molecule has 0 bridgehead atoms. The normalized spacial score (nSPS) is 10.7. The van der Waals surface area contributed by atoms with Crippen LogP contribution in [0.3, 0.4) is 0 Å². The maximum atomic E-state index is 5.59. The molecule has 0 aliphatic heterocycles. The fraction of sp³-hybridized carbons (Fsp3) is 0.368. The molecule has 2 aromatic rings. The Balaban J connectivity index is 2.30. The van der Waals surface area contributed by atoms with Crippen molar-refractivity contribution in [2.45, 2.75) is 33.8 Å². The molecule has 0 aromatic heterocycles. The molecule has 0 aliphatic carbocycles. The highest BCUT2D eigenvalue weighted by Gasteiger charge is 2.10. The third-order valence-electron chi connectivity index (χ3n) is 3.65. The summed E-state index contributed by atoms with van der Waals surface area (Å²) in [6.45, 7) is 7.64. The van der Waals surface area contributed by atoms with E-state index in [4.69, 9.17) is 9.47 Å². The van der Waals surface area contributed by atoms with Crippen LogP contribution in [0.2, 0.25) is 0 Å². The van der Waals surface area contributed by atoms with E-state index in [2.05, 4.69) is 50.2 Å². The van der Waals surface area contributed by atoms with Crippen LogP contribution in [0.15, 0.2) is 36.4 Å². The van der Waals surface area contributed by atoms with Crippen molar-refractivity contribution in [2.75, 3.05) is 13.7 Å². The topological polar surface area (TPSA) is 18.5 Å². The van der Waals surface area contributed by atoms with Crippen LogP contribution in [0.1, 0.15) is 34.7 Å². The summed E-state index contributed by atoms with van der Waals surface area (Å²) in [5.41, 5.74) is 6.28. The van der Waals surface area contributed by atoms with Gasteiger partial charge in [-0.2, -0.15) is 0 Å². The molecule has 0 fully saturated rings. The molecule has 0 N–H and O–H groups in total. The quantitative estimate of drug-likeness (QED) is 0.780. The van der Waals surface area contributed by atoms with Gasteiger partial charge in [-0.15, -0.1) is 0 Å². The minimum Gasteiger partial charge on any atom is -0.496 e. The standard InChI is InChI=1S/C19H24O2/c1-5-21-13-17-10-15(3)18(19(12-17)20-4)11-16-8-6-7-14(2)9-16/h6-10,12H,5,11,13H2,1-4H3. The molecule has 0 atom stereocenters. The van der Waals surface area contributed by atoms with E-state index >= 15 is 0 Å². The Bertz CT molecular complexity index is 603. The van der Waals surface area contributed by atoms with Crippen LogP contribution < -0.4 is 4.74 Å². The Labute approximate surface area is 127 Å². The molecular weight excluding hydrogens is 260 g/mol. The lowest BCUT2D eigenvalue weighted by atomic mass is 9.96. The highest BCUT2D eigenvalue weighted by Crippen LogP contribution is 2.27. The van der Waals surface area contributed by atoms with Gasteiger partial charge in [-0.3, -0.25) is 0 Å². The predicted octanol–water partition coefficient (Wildman–Crippen LogP) is 4.44. The van der Waals surface area contributed by atoms with E-state index in [1.54, 1.807) is 7.11 Å². The number of hydrogen-bond donors (Lipinski definition) is 0. The second kappa shape index (κ2) is 7.28. The Morgan fingerprint density at radius 2 is 1.81 bits per heavy atom. The average Bonchev–Trinajstić information content (AvgIpc) is 2.47. The van der Waals surface area contributed by atoms with Crippen molar-refractivity contribution in [1.82, 2.24) is 0 Å². The lowest BCUT2D eigenvalue weighted by Gasteiger charge is -2.15. The van der Waals surface area contributed by atoms with E-state index in [-0.39, 0.29) is 0 Å². The summed E-state index contributed by atoms with van der Waals surface area (Å²) in [5.74, 6) is 0.950. The Hall–Kier alpha value is -1.80. The molecule has 0 aliphatic rings. The number of aryl methyl sites for hydroxylation is 2. The third-order valence-corrected chi connectivity index (χ3v) is 3.65. The van der Waals surface area contributed by atoms with Crippen LogP contribution in [0.4, 0.5) is 0 Å². The SMILES string of the molecule is CCOCc1cc(C)c(Cc2cccc(C)c2)c(OC)c1. The van der Waals surface area contributed by atoms with Crippen LogP contribution in [0.25, 0.3) is 0 Å². The highest BCUT2D eigenvalue weighted by molar-refractivity contribution is 5.46. The van der Waals surface area contributed by atoms with E-state index in [0.717, 1.165) is 18.8 Å². The van der Waals surface area contributed by atoms with Gasteiger partial charge in [-0.05, 0) is 43.5 Å². The summed E-state index contributed by atoms with van der Waals surface area (Å²) >= 11 is 0. The number of hydrogen-bond acceptors (Lipinski definition) is 2.